The molecule has 1 N–H and O–H groups in total. The third kappa shape index (κ3) is 3.55. The molecule has 1 aromatic rings. The highest BCUT2D eigenvalue weighted by molar-refractivity contribution is 14.1. The van der Waals surface area contributed by atoms with E-state index in [1.54, 1.807) is 7.11 Å². The van der Waals surface area contributed by atoms with Gasteiger partial charge in [-0.05, 0) is 47.1 Å². The molecule has 2 nitrogen and oxygen atoms in total. The zero-order valence-electron chi connectivity index (χ0n) is 8.24. The van der Waals surface area contributed by atoms with Gasteiger partial charge in [-0.2, -0.15) is 0 Å². The zero-order chi connectivity index (χ0) is 10.4. The van der Waals surface area contributed by atoms with Crippen molar-refractivity contribution < 1.29 is 9.84 Å². The Labute approximate surface area is 98.4 Å². The lowest BCUT2D eigenvalue weighted by Crippen LogP contribution is -2.01. The smallest absolute Gasteiger partial charge is 0.0801 e. The summed E-state index contributed by atoms with van der Waals surface area (Å²) < 4.78 is 6.07. The molecular weight excluding hydrogens is 291 g/mol. The van der Waals surface area contributed by atoms with Crippen molar-refractivity contribution >= 4 is 22.6 Å². The SMILES string of the molecule is COCCCC(O)c1ccccc1I. The summed E-state index contributed by atoms with van der Waals surface area (Å²) in [6.07, 6.45) is 1.29. The first-order valence-corrected chi connectivity index (χ1v) is 5.75. The molecule has 0 saturated carbocycles. The number of benzene rings is 1. The van der Waals surface area contributed by atoms with Crippen LogP contribution in [0.4, 0.5) is 0 Å². The van der Waals surface area contributed by atoms with E-state index in [1.807, 2.05) is 24.3 Å². The number of hydrogen-bond acceptors (Lipinski definition) is 2. The molecule has 1 atom stereocenters. The van der Waals surface area contributed by atoms with Gasteiger partial charge in [-0.15, -0.1) is 0 Å². The first-order valence-electron chi connectivity index (χ1n) is 4.67. The molecule has 0 aliphatic carbocycles. The number of rotatable bonds is 5. The number of hydrogen-bond donors (Lipinski definition) is 1. The summed E-state index contributed by atoms with van der Waals surface area (Å²) in [5, 5.41) is 9.87. The Morgan fingerprint density at radius 3 is 2.79 bits per heavy atom. The van der Waals surface area contributed by atoms with Crippen molar-refractivity contribution in [3.8, 4) is 0 Å². The molecule has 0 spiro atoms. The van der Waals surface area contributed by atoms with E-state index < -0.39 is 0 Å². The Kier molecular flexibility index (Phi) is 5.44. The number of ether oxygens (including phenoxy) is 1. The van der Waals surface area contributed by atoms with Crippen molar-refractivity contribution in [3.63, 3.8) is 0 Å². The van der Waals surface area contributed by atoms with Crippen LogP contribution >= 0.6 is 22.6 Å². The Balaban J connectivity index is 2.51. The molecule has 1 unspecified atom stereocenters. The van der Waals surface area contributed by atoms with E-state index in [0.717, 1.165) is 22.0 Å². The Bertz CT molecular complexity index is 276. The van der Waals surface area contributed by atoms with E-state index in [-0.39, 0.29) is 6.10 Å². The fourth-order valence-corrected chi connectivity index (χ4v) is 2.07. The van der Waals surface area contributed by atoms with Gasteiger partial charge in [-0.25, -0.2) is 0 Å². The Morgan fingerprint density at radius 1 is 1.43 bits per heavy atom. The zero-order valence-corrected chi connectivity index (χ0v) is 10.4. The van der Waals surface area contributed by atoms with Gasteiger partial charge in [0.25, 0.3) is 0 Å². The van der Waals surface area contributed by atoms with Crippen molar-refractivity contribution in [3.05, 3.63) is 33.4 Å². The third-order valence-electron chi connectivity index (χ3n) is 2.09. The first-order chi connectivity index (χ1) is 6.75. The van der Waals surface area contributed by atoms with Gasteiger partial charge in [-0.3, -0.25) is 0 Å². The molecule has 1 aromatic carbocycles. The van der Waals surface area contributed by atoms with Gasteiger partial charge >= 0.3 is 0 Å². The predicted molar refractivity (Wildman–Crippen MR) is 65.2 cm³/mol. The van der Waals surface area contributed by atoms with Gasteiger partial charge < -0.3 is 9.84 Å². The molecule has 0 aliphatic rings. The fraction of sp³-hybridized carbons (Fsp3) is 0.455. The Morgan fingerprint density at radius 2 is 2.14 bits per heavy atom. The molecular formula is C11H15IO2. The second-order valence-electron chi connectivity index (χ2n) is 3.17. The number of aliphatic hydroxyl groups is 1. The average molecular weight is 306 g/mol. The van der Waals surface area contributed by atoms with Crippen LogP contribution < -0.4 is 0 Å². The summed E-state index contributed by atoms with van der Waals surface area (Å²) in [7, 11) is 1.68. The maximum Gasteiger partial charge on any atom is 0.0801 e. The van der Waals surface area contributed by atoms with E-state index in [0.29, 0.717) is 6.61 Å². The molecule has 0 fully saturated rings. The van der Waals surface area contributed by atoms with Gasteiger partial charge in [0.2, 0.25) is 0 Å². The van der Waals surface area contributed by atoms with Gasteiger partial charge in [0.15, 0.2) is 0 Å². The topological polar surface area (TPSA) is 29.5 Å². The lowest BCUT2D eigenvalue weighted by molar-refractivity contribution is 0.135. The van der Waals surface area contributed by atoms with Crippen LogP contribution in [-0.4, -0.2) is 18.8 Å². The number of halogens is 1. The van der Waals surface area contributed by atoms with Crippen LogP contribution in [0.3, 0.4) is 0 Å². The van der Waals surface area contributed by atoms with E-state index >= 15 is 0 Å². The summed E-state index contributed by atoms with van der Waals surface area (Å²) in [5.74, 6) is 0. The second kappa shape index (κ2) is 6.37. The highest BCUT2D eigenvalue weighted by Crippen LogP contribution is 2.23. The quantitative estimate of drug-likeness (QED) is 0.669. The highest BCUT2D eigenvalue weighted by atomic mass is 127. The summed E-state index contributed by atoms with van der Waals surface area (Å²) in [4.78, 5) is 0. The third-order valence-corrected chi connectivity index (χ3v) is 3.07. The molecule has 0 radical (unpaired) electrons. The Hall–Kier alpha value is -0.130. The van der Waals surface area contributed by atoms with Crippen molar-refractivity contribution in [2.45, 2.75) is 18.9 Å². The fourth-order valence-electron chi connectivity index (χ4n) is 1.32. The lowest BCUT2D eigenvalue weighted by Gasteiger charge is -2.12. The summed E-state index contributed by atoms with van der Waals surface area (Å²) in [6.45, 7) is 0.709. The standard InChI is InChI=1S/C11H15IO2/c1-14-8-4-7-11(13)9-5-2-3-6-10(9)12/h2-3,5-6,11,13H,4,7-8H2,1H3. The molecule has 0 saturated heterocycles. The second-order valence-corrected chi connectivity index (χ2v) is 4.33. The molecule has 0 bridgehead atoms. The van der Waals surface area contributed by atoms with Crippen LogP contribution in [0.2, 0.25) is 0 Å². The maximum atomic E-state index is 9.87. The van der Waals surface area contributed by atoms with E-state index in [1.165, 1.54) is 0 Å². The van der Waals surface area contributed by atoms with Crippen molar-refractivity contribution in [2.24, 2.45) is 0 Å². The molecule has 0 amide bonds. The molecule has 0 aliphatic heterocycles. The minimum absolute atomic E-state index is 0.363. The van der Waals surface area contributed by atoms with Crippen LogP contribution in [0.5, 0.6) is 0 Å². The van der Waals surface area contributed by atoms with Crippen LogP contribution in [0.1, 0.15) is 24.5 Å². The predicted octanol–water partition coefficient (Wildman–Crippen LogP) is 2.75. The average Bonchev–Trinajstić information content (AvgIpc) is 2.18. The first kappa shape index (κ1) is 11.9. The molecule has 0 heterocycles. The normalized spacial score (nSPS) is 12.8. The minimum Gasteiger partial charge on any atom is -0.388 e. The largest absolute Gasteiger partial charge is 0.388 e. The van der Waals surface area contributed by atoms with Crippen LogP contribution in [0.15, 0.2) is 24.3 Å². The maximum absolute atomic E-state index is 9.87. The molecule has 3 heteroatoms. The monoisotopic (exact) mass is 306 g/mol. The van der Waals surface area contributed by atoms with Crippen LogP contribution in [-0.2, 0) is 4.74 Å². The number of aliphatic hydroxyl groups excluding tert-OH is 1. The van der Waals surface area contributed by atoms with E-state index in [4.69, 9.17) is 4.74 Å². The minimum atomic E-state index is -0.363. The van der Waals surface area contributed by atoms with Gasteiger partial charge in [0, 0.05) is 17.3 Å². The highest BCUT2D eigenvalue weighted by Gasteiger charge is 2.09. The molecule has 0 aromatic heterocycles. The van der Waals surface area contributed by atoms with Crippen molar-refractivity contribution in [1.29, 1.82) is 0 Å². The lowest BCUT2D eigenvalue weighted by atomic mass is 10.1. The molecule has 1 rings (SSSR count). The van der Waals surface area contributed by atoms with Gasteiger partial charge in [-0.1, -0.05) is 18.2 Å². The molecule has 78 valence electrons. The van der Waals surface area contributed by atoms with Gasteiger partial charge in [0.1, 0.15) is 0 Å². The van der Waals surface area contributed by atoms with Gasteiger partial charge in [0.05, 0.1) is 6.10 Å². The van der Waals surface area contributed by atoms with E-state index in [9.17, 15) is 5.11 Å². The van der Waals surface area contributed by atoms with Crippen LogP contribution in [0, 0.1) is 3.57 Å². The number of methoxy groups -OCH3 is 1. The summed E-state index contributed by atoms with van der Waals surface area (Å²) >= 11 is 2.25. The molecule has 14 heavy (non-hydrogen) atoms. The van der Waals surface area contributed by atoms with Crippen LogP contribution in [0.25, 0.3) is 0 Å². The van der Waals surface area contributed by atoms with Crippen molar-refractivity contribution in [1.82, 2.24) is 0 Å². The van der Waals surface area contributed by atoms with E-state index in [2.05, 4.69) is 22.6 Å². The summed E-state index contributed by atoms with van der Waals surface area (Å²) in [5.41, 5.74) is 1.02. The van der Waals surface area contributed by atoms with Crippen molar-refractivity contribution in [2.75, 3.05) is 13.7 Å². The summed E-state index contributed by atoms with van der Waals surface area (Å²) in [6, 6.07) is 7.92.